The minimum Gasteiger partial charge on any atom is -0.379 e. The normalized spacial score (nSPS) is 16.9. The molecular weight excluding hydrogens is 811 g/mol. The Labute approximate surface area is 371 Å². The third-order valence-electron chi connectivity index (χ3n) is 11.8. The van der Waals surface area contributed by atoms with Crippen molar-refractivity contribution in [2.24, 2.45) is 17.6 Å². The topological polar surface area (TPSA) is 243 Å². The predicted molar refractivity (Wildman–Crippen MR) is 239 cm³/mol. The number of hydrogen-bond acceptors (Lipinski definition) is 10. The van der Waals surface area contributed by atoms with Gasteiger partial charge in [0.1, 0.15) is 12.1 Å². The molecule has 8 atom stereocenters. The van der Waals surface area contributed by atoms with Crippen LogP contribution in [-0.4, -0.2) is 136 Å². The first-order valence-corrected chi connectivity index (χ1v) is 21.7. The summed E-state index contributed by atoms with van der Waals surface area (Å²) in [4.78, 5) is 93.2. The Morgan fingerprint density at radius 2 is 1.62 bits per heavy atom. The van der Waals surface area contributed by atoms with Crippen LogP contribution in [0.2, 0.25) is 0 Å². The van der Waals surface area contributed by atoms with Crippen LogP contribution in [0.15, 0.2) is 54.6 Å². The second kappa shape index (κ2) is 26.8. The highest BCUT2D eigenvalue weighted by Gasteiger charge is 2.42. The zero-order valence-corrected chi connectivity index (χ0v) is 37.8. The van der Waals surface area contributed by atoms with Crippen molar-refractivity contribution >= 4 is 47.7 Å². The number of carbonyl (C=O) groups excluding carboxylic acids is 7. The van der Waals surface area contributed by atoms with Gasteiger partial charge in [-0.25, -0.2) is 4.79 Å². The molecule has 1 aliphatic heterocycles. The van der Waals surface area contributed by atoms with Gasteiger partial charge < -0.3 is 56.9 Å². The molecule has 0 spiro atoms. The van der Waals surface area contributed by atoms with Gasteiger partial charge in [0.15, 0.2) is 0 Å². The van der Waals surface area contributed by atoms with Crippen molar-refractivity contribution < 1.29 is 43.0 Å². The van der Waals surface area contributed by atoms with Crippen LogP contribution in [0.25, 0.3) is 0 Å². The summed E-state index contributed by atoms with van der Waals surface area (Å²) < 4.78 is 11.9. The van der Waals surface area contributed by atoms with Crippen LogP contribution in [0, 0.1) is 11.8 Å². The number of benzene rings is 2. The molecule has 0 saturated carbocycles. The quantitative estimate of drug-likeness (QED) is 0.0506. The van der Waals surface area contributed by atoms with Crippen molar-refractivity contribution in [2.45, 2.75) is 109 Å². The molecule has 18 nitrogen and oxygen atoms in total. The SMILES string of the molecule is CCC(C)C(C(CC(=O)N1CCCC1C(OC)C(C)C(=O)NC(Cc1ccccc1)C(=O)NCc1ccc(NC(=O)C(CCCNC(N)=O)NC=O)cc1)OC)N(C)C(=O)CNC. The fourth-order valence-electron chi connectivity index (χ4n) is 8.10. The molecule has 1 saturated heterocycles. The first-order valence-electron chi connectivity index (χ1n) is 21.7. The zero-order valence-electron chi connectivity index (χ0n) is 37.8. The van der Waals surface area contributed by atoms with Crippen LogP contribution in [-0.2, 0) is 51.2 Å². The number of likely N-dealkylation sites (tertiary alicyclic amines) is 1. The van der Waals surface area contributed by atoms with E-state index in [4.69, 9.17) is 15.2 Å². The minimum atomic E-state index is -0.942. The molecule has 8 N–H and O–H groups in total. The molecule has 18 heteroatoms. The number of primary amides is 1. The zero-order chi connectivity index (χ0) is 46.5. The molecule has 0 bridgehead atoms. The average Bonchev–Trinajstić information content (AvgIpc) is 3.76. The van der Waals surface area contributed by atoms with E-state index in [1.165, 1.54) is 7.11 Å². The third-order valence-corrected chi connectivity index (χ3v) is 11.8. The number of nitrogens with zero attached hydrogens (tertiary/aromatic N) is 2. The monoisotopic (exact) mass is 880 g/mol. The van der Waals surface area contributed by atoms with Gasteiger partial charge in [0.2, 0.25) is 35.9 Å². The molecular formula is C45H69N9O9. The molecule has 0 aliphatic carbocycles. The largest absolute Gasteiger partial charge is 0.379 e. The summed E-state index contributed by atoms with van der Waals surface area (Å²) in [6.07, 6.45) is 2.28. The van der Waals surface area contributed by atoms with Crippen molar-refractivity contribution in [1.29, 1.82) is 0 Å². The third kappa shape index (κ3) is 15.9. The number of ether oxygens (including phenoxy) is 2. The lowest BCUT2D eigenvalue weighted by Crippen LogP contribution is -2.55. The van der Waals surface area contributed by atoms with Crippen LogP contribution in [0.3, 0.4) is 0 Å². The molecule has 63 heavy (non-hydrogen) atoms. The second-order valence-electron chi connectivity index (χ2n) is 16.1. The van der Waals surface area contributed by atoms with E-state index in [1.807, 2.05) is 44.2 Å². The predicted octanol–water partition coefficient (Wildman–Crippen LogP) is 1.67. The lowest BCUT2D eigenvalue weighted by molar-refractivity contribution is -0.145. The van der Waals surface area contributed by atoms with Gasteiger partial charge >= 0.3 is 6.03 Å². The molecule has 0 radical (unpaired) electrons. The van der Waals surface area contributed by atoms with E-state index in [0.29, 0.717) is 31.5 Å². The smallest absolute Gasteiger partial charge is 0.312 e. The fraction of sp³-hybridized carbons (Fsp3) is 0.578. The maximum Gasteiger partial charge on any atom is 0.312 e. The van der Waals surface area contributed by atoms with E-state index in [9.17, 15) is 33.6 Å². The number of amides is 8. The summed E-state index contributed by atoms with van der Waals surface area (Å²) in [5.41, 5.74) is 7.12. The van der Waals surface area contributed by atoms with E-state index < -0.39 is 60.0 Å². The number of urea groups is 1. The lowest BCUT2D eigenvalue weighted by atomic mass is 9.90. The maximum atomic E-state index is 14.1. The van der Waals surface area contributed by atoms with Gasteiger partial charge in [-0.2, -0.15) is 0 Å². The summed E-state index contributed by atoms with van der Waals surface area (Å²) in [6.45, 7) is 6.85. The number of likely N-dealkylation sites (N-methyl/N-ethyl adjacent to an activating group) is 2. The van der Waals surface area contributed by atoms with Crippen molar-refractivity contribution in [3.05, 3.63) is 65.7 Å². The van der Waals surface area contributed by atoms with Crippen LogP contribution in [0.4, 0.5) is 10.5 Å². The van der Waals surface area contributed by atoms with Gasteiger partial charge in [-0.3, -0.25) is 28.8 Å². The average molecular weight is 880 g/mol. The van der Waals surface area contributed by atoms with Crippen LogP contribution in [0.5, 0.6) is 0 Å². The second-order valence-corrected chi connectivity index (χ2v) is 16.1. The number of carbonyl (C=O) groups is 7. The Morgan fingerprint density at radius 3 is 2.22 bits per heavy atom. The number of hydrogen-bond donors (Lipinski definition) is 7. The number of methoxy groups -OCH3 is 2. The van der Waals surface area contributed by atoms with Crippen molar-refractivity contribution in [3.63, 3.8) is 0 Å². The molecule has 1 heterocycles. The number of rotatable bonds is 27. The highest BCUT2D eigenvalue weighted by atomic mass is 16.5. The Hall–Kier alpha value is -5.59. The van der Waals surface area contributed by atoms with E-state index in [2.05, 4.69) is 31.9 Å². The van der Waals surface area contributed by atoms with Gasteiger partial charge in [0.25, 0.3) is 0 Å². The van der Waals surface area contributed by atoms with Gasteiger partial charge in [-0.05, 0) is 61.9 Å². The van der Waals surface area contributed by atoms with Crippen LogP contribution < -0.4 is 37.6 Å². The molecule has 3 rings (SSSR count). The molecule has 1 aliphatic rings. The summed E-state index contributed by atoms with van der Waals surface area (Å²) in [6, 6.07) is 13.0. The summed E-state index contributed by atoms with van der Waals surface area (Å²) in [5.74, 6) is -2.18. The van der Waals surface area contributed by atoms with Crippen LogP contribution in [0.1, 0.15) is 70.4 Å². The standard InChI is InChI=1S/C45H69N9O9/c1-8-29(2)40(53(5)39(57)27-47-4)37(62-6)25-38(56)54-23-13-17-36(54)41(63-7)30(3)42(58)52-35(24-31-14-10-9-11-15-31)43(59)49-26-32-18-20-33(21-19-32)51-44(60)34(50-28-55)16-12-22-48-45(46)61/h9-11,14-15,18-21,28-30,34-37,40-41,47H,8,12-13,16-17,22-27H2,1-7H3,(H,49,59)(H,50,55)(H,51,60)(H,52,58)(H3,46,48,61). The van der Waals surface area contributed by atoms with E-state index in [-0.39, 0.29) is 62.7 Å². The molecule has 348 valence electrons. The van der Waals surface area contributed by atoms with Crippen molar-refractivity contribution in [2.75, 3.05) is 53.3 Å². The Kier molecular flexibility index (Phi) is 22.0. The summed E-state index contributed by atoms with van der Waals surface area (Å²) >= 11 is 0. The summed E-state index contributed by atoms with van der Waals surface area (Å²) in [7, 11) is 6.53. The van der Waals surface area contributed by atoms with Crippen molar-refractivity contribution in [1.82, 2.24) is 36.4 Å². The van der Waals surface area contributed by atoms with Crippen molar-refractivity contribution in [3.8, 4) is 0 Å². The Morgan fingerprint density at radius 1 is 0.921 bits per heavy atom. The van der Waals surface area contributed by atoms with Gasteiger partial charge in [0.05, 0.1) is 43.2 Å². The van der Waals surface area contributed by atoms with Gasteiger partial charge in [-0.1, -0.05) is 69.7 Å². The maximum absolute atomic E-state index is 14.1. The Bertz CT molecular complexity index is 1780. The molecule has 2 aromatic carbocycles. The van der Waals surface area contributed by atoms with Crippen LogP contribution >= 0.6 is 0 Å². The molecule has 8 amide bonds. The number of anilines is 1. The first kappa shape index (κ1) is 51.8. The van der Waals surface area contributed by atoms with E-state index in [0.717, 1.165) is 24.0 Å². The Balaban J connectivity index is 1.70. The number of nitrogens with one attached hydrogen (secondary N) is 6. The van der Waals surface area contributed by atoms with E-state index >= 15 is 0 Å². The molecule has 1 fully saturated rings. The lowest BCUT2D eigenvalue weighted by Gasteiger charge is -2.39. The van der Waals surface area contributed by atoms with Gasteiger partial charge in [-0.15, -0.1) is 0 Å². The molecule has 2 aromatic rings. The number of nitrogens with two attached hydrogens (primary N) is 1. The van der Waals surface area contributed by atoms with Gasteiger partial charge in [0, 0.05) is 53.0 Å². The highest BCUT2D eigenvalue weighted by Crippen LogP contribution is 2.29. The summed E-state index contributed by atoms with van der Waals surface area (Å²) in [5, 5.41) is 16.5. The van der Waals surface area contributed by atoms with E-state index in [1.54, 1.807) is 62.2 Å². The fourth-order valence-corrected chi connectivity index (χ4v) is 8.10. The molecule has 8 unspecified atom stereocenters. The highest BCUT2D eigenvalue weighted by molar-refractivity contribution is 5.95. The molecule has 0 aromatic heterocycles. The minimum absolute atomic E-state index is 0.0468. The first-order chi connectivity index (χ1) is 30.2.